The molecule has 1 aromatic carbocycles. The van der Waals surface area contributed by atoms with Crippen molar-refractivity contribution < 1.29 is 0 Å². The Morgan fingerprint density at radius 2 is 2.05 bits per heavy atom. The van der Waals surface area contributed by atoms with Crippen LogP contribution in [0, 0.1) is 12.8 Å². The second-order valence-corrected chi connectivity index (χ2v) is 6.12. The van der Waals surface area contributed by atoms with Crippen molar-refractivity contribution in [3.63, 3.8) is 0 Å². The van der Waals surface area contributed by atoms with Gasteiger partial charge in [0.05, 0.1) is 0 Å². The van der Waals surface area contributed by atoms with Gasteiger partial charge in [-0.25, -0.2) is 0 Å². The maximum Gasteiger partial charge on any atom is 0.0408 e. The van der Waals surface area contributed by atoms with Crippen LogP contribution in [-0.4, -0.2) is 31.6 Å². The van der Waals surface area contributed by atoms with Gasteiger partial charge in [-0.1, -0.05) is 17.7 Å². The maximum atomic E-state index is 6.01. The van der Waals surface area contributed by atoms with Crippen LogP contribution < -0.4 is 5.32 Å². The van der Waals surface area contributed by atoms with E-state index in [1.807, 2.05) is 13.1 Å². The first-order valence-corrected chi connectivity index (χ1v) is 7.69. The quantitative estimate of drug-likeness (QED) is 0.888. The molecule has 0 bridgehead atoms. The summed E-state index contributed by atoms with van der Waals surface area (Å²) in [6.07, 6.45) is 4.01. The molecule has 1 N–H and O–H groups in total. The molecular formula is C16H25ClN2. The molecule has 1 aliphatic rings. The molecule has 0 radical (unpaired) electrons. The topological polar surface area (TPSA) is 15.3 Å². The van der Waals surface area contributed by atoms with E-state index in [2.05, 4.69) is 29.3 Å². The van der Waals surface area contributed by atoms with Crippen molar-refractivity contribution in [1.82, 2.24) is 10.2 Å². The highest BCUT2D eigenvalue weighted by atomic mass is 35.5. The van der Waals surface area contributed by atoms with Crippen LogP contribution in [-0.2, 0) is 6.54 Å². The Kier molecular flexibility index (Phi) is 5.68. The van der Waals surface area contributed by atoms with E-state index in [1.165, 1.54) is 43.5 Å². The molecule has 2 nitrogen and oxygen atoms in total. The molecule has 1 fully saturated rings. The van der Waals surface area contributed by atoms with E-state index in [4.69, 9.17) is 11.6 Å². The van der Waals surface area contributed by atoms with Gasteiger partial charge in [-0.05, 0) is 82.0 Å². The second-order valence-electron chi connectivity index (χ2n) is 5.68. The average Bonchev–Trinajstić information content (AvgIpc) is 2.41. The van der Waals surface area contributed by atoms with E-state index in [0.717, 1.165) is 24.0 Å². The van der Waals surface area contributed by atoms with Gasteiger partial charge in [0.1, 0.15) is 0 Å². The molecule has 1 saturated heterocycles. The van der Waals surface area contributed by atoms with Crippen molar-refractivity contribution in [1.29, 1.82) is 0 Å². The first-order valence-electron chi connectivity index (χ1n) is 7.31. The van der Waals surface area contributed by atoms with Crippen LogP contribution in [0.5, 0.6) is 0 Å². The largest absolute Gasteiger partial charge is 0.320 e. The fourth-order valence-electron chi connectivity index (χ4n) is 2.86. The van der Waals surface area contributed by atoms with Gasteiger partial charge < -0.3 is 5.32 Å². The molecule has 0 aromatic heterocycles. The predicted octanol–water partition coefficient (Wildman–Crippen LogP) is 3.47. The summed E-state index contributed by atoms with van der Waals surface area (Å²) >= 11 is 6.01. The molecule has 3 heteroatoms. The van der Waals surface area contributed by atoms with Gasteiger partial charge in [0.25, 0.3) is 0 Å². The fourth-order valence-corrected chi connectivity index (χ4v) is 3.09. The first kappa shape index (κ1) is 14.8. The van der Waals surface area contributed by atoms with Gasteiger partial charge in [-0.3, -0.25) is 4.90 Å². The molecule has 19 heavy (non-hydrogen) atoms. The summed E-state index contributed by atoms with van der Waals surface area (Å²) in [5.41, 5.74) is 2.72. The third-order valence-electron chi connectivity index (χ3n) is 4.21. The molecule has 106 valence electrons. The minimum atomic E-state index is 0.840. The summed E-state index contributed by atoms with van der Waals surface area (Å²) in [6.45, 7) is 6.84. The zero-order valence-electron chi connectivity index (χ0n) is 12.1. The lowest BCUT2D eigenvalue weighted by Crippen LogP contribution is -2.34. The highest BCUT2D eigenvalue weighted by Crippen LogP contribution is 2.23. The highest BCUT2D eigenvalue weighted by Gasteiger charge is 2.19. The molecule has 1 heterocycles. The summed E-state index contributed by atoms with van der Waals surface area (Å²) in [4.78, 5) is 2.58. The van der Waals surface area contributed by atoms with Gasteiger partial charge >= 0.3 is 0 Å². The molecule has 0 atom stereocenters. The lowest BCUT2D eigenvalue weighted by Gasteiger charge is -2.32. The van der Waals surface area contributed by atoms with Gasteiger partial charge in [-0.2, -0.15) is 0 Å². The third kappa shape index (κ3) is 4.48. The summed E-state index contributed by atoms with van der Waals surface area (Å²) < 4.78 is 0. The molecule has 0 saturated carbocycles. The number of nitrogens with zero attached hydrogens (tertiary/aromatic N) is 1. The minimum Gasteiger partial charge on any atom is -0.320 e. The van der Waals surface area contributed by atoms with Gasteiger partial charge in [0.2, 0.25) is 0 Å². The van der Waals surface area contributed by atoms with E-state index in [9.17, 15) is 0 Å². The zero-order valence-corrected chi connectivity index (χ0v) is 12.8. The number of piperidine rings is 1. The highest BCUT2D eigenvalue weighted by molar-refractivity contribution is 6.30. The van der Waals surface area contributed by atoms with E-state index < -0.39 is 0 Å². The number of hydrogen-bond donors (Lipinski definition) is 1. The summed E-state index contributed by atoms with van der Waals surface area (Å²) in [5, 5.41) is 4.09. The van der Waals surface area contributed by atoms with Crippen LogP contribution in [0.2, 0.25) is 5.02 Å². The van der Waals surface area contributed by atoms with E-state index in [0.29, 0.717) is 0 Å². The number of rotatable bonds is 5. The van der Waals surface area contributed by atoms with Gasteiger partial charge in [0.15, 0.2) is 0 Å². The molecule has 0 amide bonds. The second kappa shape index (κ2) is 7.28. The van der Waals surface area contributed by atoms with Crippen LogP contribution in [0.1, 0.15) is 30.4 Å². The van der Waals surface area contributed by atoms with Crippen LogP contribution in [0.4, 0.5) is 0 Å². The number of likely N-dealkylation sites (tertiary alicyclic amines) is 1. The number of nitrogens with one attached hydrogen (secondary N) is 1. The van der Waals surface area contributed by atoms with Crippen LogP contribution in [0.3, 0.4) is 0 Å². The molecule has 2 rings (SSSR count). The Labute approximate surface area is 122 Å². The van der Waals surface area contributed by atoms with Crippen molar-refractivity contribution in [2.45, 2.75) is 32.7 Å². The SMILES string of the molecule is CNCCC1CCN(Cc2ccc(Cl)cc2C)CC1. The normalized spacial score (nSPS) is 17.8. The van der Waals surface area contributed by atoms with E-state index in [-0.39, 0.29) is 0 Å². The Balaban J connectivity index is 1.82. The number of benzene rings is 1. The monoisotopic (exact) mass is 280 g/mol. The Morgan fingerprint density at radius 3 is 2.68 bits per heavy atom. The predicted molar refractivity (Wildman–Crippen MR) is 82.7 cm³/mol. The van der Waals surface area contributed by atoms with Crippen molar-refractivity contribution >= 4 is 11.6 Å². The zero-order chi connectivity index (χ0) is 13.7. The first-order chi connectivity index (χ1) is 9.19. The van der Waals surface area contributed by atoms with Gasteiger partial charge in [0, 0.05) is 11.6 Å². The van der Waals surface area contributed by atoms with Crippen LogP contribution >= 0.6 is 11.6 Å². The third-order valence-corrected chi connectivity index (χ3v) is 4.44. The van der Waals surface area contributed by atoms with Crippen molar-refractivity contribution in [3.8, 4) is 0 Å². The molecule has 0 spiro atoms. The van der Waals surface area contributed by atoms with Crippen LogP contribution in [0.25, 0.3) is 0 Å². The summed E-state index contributed by atoms with van der Waals surface area (Å²) in [7, 11) is 2.04. The summed E-state index contributed by atoms with van der Waals surface area (Å²) in [5.74, 6) is 0.912. The van der Waals surface area contributed by atoms with Crippen molar-refractivity contribution in [2.75, 3.05) is 26.7 Å². The van der Waals surface area contributed by atoms with Gasteiger partial charge in [-0.15, -0.1) is 0 Å². The lowest BCUT2D eigenvalue weighted by atomic mass is 9.93. The molecule has 1 aliphatic heterocycles. The standard InChI is InChI=1S/C16H25ClN2/c1-13-11-16(17)4-3-15(13)12-19-9-6-14(7-10-19)5-8-18-2/h3-4,11,14,18H,5-10,12H2,1-2H3. The lowest BCUT2D eigenvalue weighted by molar-refractivity contribution is 0.172. The Hall–Kier alpha value is -0.570. The average molecular weight is 281 g/mol. The Bertz CT molecular complexity index is 398. The smallest absolute Gasteiger partial charge is 0.0408 e. The van der Waals surface area contributed by atoms with E-state index >= 15 is 0 Å². The number of hydrogen-bond acceptors (Lipinski definition) is 2. The Morgan fingerprint density at radius 1 is 1.32 bits per heavy atom. The number of halogens is 1. The van der Waals surface area contributed by atoms with Crippen LogP contribution in [0.15, 0.2) is 18.2 Å². The van der Waals surface area contributed by atoms with Crippen molar-refractivity contribution in [3.05, 3.63) is 34.3 Å². The maximum absolute atomic E-state index is 6.01. The minimum absolute atomic E-state index is 0.840. The summed E-state index contributed by atoms with van der Waals surface area (Å²) in [6, 6.07) is 6.24. The fraction of sp³-hybridized carbons (Fsp3) is 0.625. The number of aryl methyl sites for hydroxylation is 1. The molecule has 0 unspecified atom stereocenters. The van der Waals surface area contributed by atoms with Crippen molar-refractivity contribution in [2.24, 2.45) is 5.92 Å². The molecule has 0 aliphatic carbocycles. The van der Waals surface area contributed by atoms with E-state index in [1.54, 1.807) is 0 Å². The molecular weight excluding hydrogens is 256 g/mol. The molecule has 1 aromatic rings.